The highest BCUT2D eigenvalue weighted by atomic mass is 16.3. The van der Waals surface area contributed by atoms with Crippen LogP contribution in [0.5, 0.6) is 0 Å². The van der Waals surface area contributed by atoms with Crippen molar-refractivity contribution >= 4 is 21.8 Å². The summed E-state index contributed by atoms with van der Waals surface area (Å²) in [6, 6.07) is 17.7. The highest BCUT2D eigenvalue weighted by molar-refractivity contribution is 5.84. The third-order valence-corrected chi connectivity index (χ3v) is 3.65. The van der Waals surface area contributed by atoms with E-state index in [1.165, 1.54) is 0 Å². The van der Waals surface area contributed by atoms with Gasteiger partial charge in [0, 0.05) is 10.8 Å². The number of aromatic nitrogens is 3. The fourth-order valence-corrected chi connectivity index (χ4v) is 2.63. The number of hydrogen-bond acceptors (Lipinski definition) is 3. The van der Waals surface area contributed by atoms with Gasteiger partial charge in [0.05, 0.1) is 23.8 Å². The van der Waals surface area contributed by atoms with E-state index in [1.807, 2.05) is 60.8 Å². The lowest BCUT2D eigenvalue weighted by Gasteiger charge is -2.08. The van der Waals surface area contributed by atoms with Crippen molar-refractivity contribution in [2.24, 2.45) is 0 Å². The van der Waals surface area contributed by atoms with E-state index in [1.54, 1.807) is 4.68 Å². The van der Waals surface area contributed by atoms with Gasteiger partial charge in [0.15, 0.2) is 5.82 Å². The summed E-state index contributed by atoms with van der Waals surface area (Å²) in [6.07, 6.45) is 1.82. The third-order valence-electron chi connectivity index (χ3n) is 3.65. The van der Waals surface area contributed by atoms with Gasteiger partial charge in [0.1, 0.15) is 0 Å². The smallest absolute Gasteiger partial charge is 0.155 e. The minimum absolute atomic E-state index is 0.0186. The van der Waals surface area contributed by atoms with Crippen molar-refractivity contribution in [2.45, 2.75) is 6.61 Å². The molecule has 0 saturated heterocycles. The lowest BCUT2D eigenvalue weighted by atomic mass is 10.1. The van der Waals surface area contributed by atoms with Crippen molar-refractivity contribution in [2.75, 3.05) is 0 Å². The van der Waals surface area contributed by atoms with Crippen LogP contribution in [0, 0.1) is 0 Å². The topological polar surface area (TPSA) is 50.9 Å². The van der Waals surface area contributed by atoms with Crippen LogP contribution in [0.3, 0.4) is 0 Å². The number of para-hydroxylation sites is 2. The quantitative estimate of drug-likeness (QED) is 0.611. The molecule has 2 heterocycles. The van der Waals surface area contributed by atoms with Crippen LogP contribution in [0.25, 0.3) is 27.6 Å². The van der Waals surface area contributed by atoms with Crippen LogP contribution in [0.15, 0.2) is 60.8 Å². The molecule has 0 spiro atoms. The second-order valence-electron chi connectivity index (χ2n) is 4.93. The van der Waals surface area contributed by atoms with Crippen molar-refractivity contribution in [1.29, 1.82) is 0 Å². The van der Waals surface area contributed by atoms with Gasteiger partial charge in [-0.2, -0.15) is 5.10 Å². The third kappa shape index (κ3) is 1.88. The fraction of sp³-hybridized carbons (Fsp3) is 0.0588. The Labute approximate surface area is 121 Å². The predicted molar refractivity (Wildman–Crippen MR) is 82.3 cm³/mol. The van der Waals surface area contributed by atoms with E-state index in [4.69, 9.17) is 0 Å². The minimum atomic E-state index is -0.0186. The molecule has 4 heteroatoms. The molecule has 0 atom stereocenters. The molecule has 4 rings (SSSR count). The molecular formula is C17H13N3O. The molecule has 21 heavy (non-hydrogen) atoms. The van der Waals surface area contributed by atoms with Crippen LogP contribution in [-0.4, -0.2) is 19.9 Å². The molecule has 4 aromatic rings. The second-order valence-corrected chi connectivity index (χ2v) is 4.93. The normalized spacial score (nSPS) is 11.3. The van der Waals surface area contributed by atoms with Gasteiger partial charge in [-0.25, -0.2) is 9.67 Å². The van der Waals surface area contributed by atoms with E-state index < -0.39 is 0 Å². The predicted octanol–water partition coefficient (Wildman–Crippen LogP) is 3.07. The average molecular weight is 275 g/mol. The summed E-state index contributed by atoms with van der Waals surface area (Å²) in [4.78, 5) is 4.67. The monoisotopic (exact) mass is 275 g/mol. The Morgan fingerprint density at radius 1 is 1.00 bits per heavy atom. The number of benzene rings is 2. The summed E-state index contributed by atoms with van der Waals surface area (Å²) in [7, 11) is 0. The molecule has 4 nitrogen and oxygen atoms in total. The van der Waals surface area contributed by atoms with Gasteiger partial charge in [0.2, 0.25) is 0 Å². The van der Waals surface area contributed by atoms with E-state index in [9.17, 15) is 5.11 Å². The summed E-state index contributed by atoms with van der Waals surface area (Å²) < 4.78 is 1.81. The molecule has 0 bridgehead atoms. The van der Waals surface area contributed by atoms with E-state index >= 15 is 0 Å². The van der Waals surface area contributed by atoms with Gasteiger partial charge in [-0.3, -0.25) is 0 Å². The summed E-state index contributed by atoms with van der Waals surface area (Å²) in [5.74, 6) is 0.721. The molecule has 2 aromatic heterocycles. The largest absolute Gasteiger partial charge is 0.392 e. The number of hydrogen-bond donors (Lipinski definition) is 1. The van der Waals surface area contributed by atoms with Crippen LogP contribution >= 0.6 is 0 Å². The molecule has 0 aliphatic carbocycles. The summed E-state index contributed by atoms with van der Waals surface area (Å²) in [5.41, 5.74) is 2.72. The first-order valence-corrected chi connectivity index (χ1v) is 6.79. The lowest BCUT2D eigenvalue weighted by molar-refractivity contribution is 0.283. The second kappa shape index (κ2) is 4.68. The van der Waals surface area contributed by atoms with Crippen LogP contribution in [0.4, 0.5) is 0 Å². The SMILES string of the molecule is OCc1cc(-n2ncc3ccccc32)nc2ccccc12. The Kier molecular flexibility index (Phi) is 2.69. The average Bonchev–Trinajstić information content (AvgIpc) is 2.98. The summed E-state index contributed by atoms with van der Waals surface area (Å²) in [5, 5.41) is 16.1. The van der Waals surface area contributed by atoms with Crippen LogP contribution in [-0.2, 0) is 6.61 Å². The Morgan fingerprint density at radius 2 is 1.81 bits per heavy atom. The zero-order valence-corrected chi connectivity index (χ0v) is 11.3. The fourth-order valence-electron chi connectivity index (χ4n) is 2.63. The van der Waals surface area contributed by atoms with E-state index in [0.29, 0.717) is 0 Å². The van der Waals surface area contributed by atoms with Gasteiger partial charge in [-0.1, -0.05) is 36.4 Å². The van der Waals surface area contributed by atoms with E-state index in [-0.39, 0.29) is 6.61 Å². The van der Waals surface area contributed by atoms with Crippen molar-refractivity contribution in [3.8, 4) is 5.82 Å². The van der Waals surface area contributed by atoms with Crippen molar-refractivity contribution in [3.05, 3.63) is 66.4 Å². The van der Waals surface area contributed by atoms with Crippen LogP contribution in [0.2, 0.25) is 0 Å². The number of aliphatic hydroxyl groups is 1. The van der Waals surface area contributed by atoms with Gasteiger partial charge in [0.25, 0.3) is 0 Å². The van der Waals surface area contributed by atoms with Gasteiger partial charge >= 0.3 is 0 Å². The summed E-state index contributed by atoms with van der Waals surface area (Å²) >= 11 is 0. The van der Waals surface area contributed by atoms with E-state index in [2.05, 4.69) is 10.1 Å². The number of aliphatic hydroxyl groups excluding tert-OH is 1. The number of nitrogens with zero attached hydrogens (tertiary/aromatic N) is 3. The molecule has 0 saturated carbocycles. The standard InChI is InChI=1S/C17H13N3O/c21-11-13-9-17(19-15-7-3-2-6-14(13)15)20-16-8-4-1-5-12(16)10-18-20/h1-10,21H,11H2. The molecule has 0 amide bonds. The molecule has 0 aliphatic rings. The summed E-state index contributed by atoms with van der Waals surface area (Å²) in [6.45, 7) is -0.0186. The highest BCUT2D eigenvalue weighted by Crippen LogP contribution is 2.22. The first-order chi connectivity index (χ1) is 10.4. The first kappa shape index (κ1) is 12.1. The van der Waals surface area contributed by atoms with Gasteiger partial charge < -0.3 is 5.11 Å². The molecule has 0 fully saturated rings. The maximum Gasteiger partial charge on any atom is 0.155 e. The molecule has 2 aromatic carbocycles. The van der Waals surface area contributed by atoms with Crippen molar-refractivity contribution < 1.29 is 5.11 Å². The number of fused-ring (bicyclic) bond motifs is 2. The molecule has 0 unspecified atom stereocenters. The molecule has 0 aliphatic heterocycles. The first-order valence-electron chi connectivity index (χ1n) is 6.79. The lowest BCUT2D eigenvalue weighted by Crippen LogP contribution is -2.01. The van der Waals surface area contributed by atoms with E-state index in [0.717, 1.165) is 33.2 Å². The maximum atomic E-state index is 9.61. The molecule has 0 radical (unpaired) electrons. The molecule has 102 valence electrons. The molecule has 1 N–H and O–H groups in total. The maximum absolute atomic E-state index is 9.61. The zero-order chi connectivity index (χ0) is 14.2. The van der Waals surface area contributed by atoms with Gasteiger partial charge in [-0.05, 0) is 23.8 Å². The number of pyridine rings is 1. The Bertz CT molecular complexity index is 943. The van der Waals surface area contributed by atoms with Crippen molar-refractivity contribution in [1.82, 2.24) is 14.8 Å². The Balaban J connectivity index is 2.02. The van der Waals surface area contributed by atoms with Crippen LogP contribution in [0.1, 0.15) is 5.56 Å². The molecular weight excluding hydrogens is 262 g/mol. The Morgan fingerprint density at radius 3 is 2.71 bits per heavy atom. The zero-order valence-electron chi connectivity index (χ0n) is 11.3. The highest BCUT2D eigenvalue weighted by Gasteiger charge is 2.09. The van der Waals surface area contributed by atoms with Crippen molar-refractivity contribution in [3.63, 3.8) is 0 Å². The van der Waals surface area contributed by atoms with Gasteiger partial charge in [-0.15, -0.1) is 0 Å². The minimum Gasteiger partial charge on any atom is -0.392 e. The Hall–Kier alpha value is -2.72. The number of rotatable bonds is 2. The van der Waals surface area contributed by atoms with Crippen LogP contribution < -0.4 is 0 Å².